The Morgan fingerprint density at radius 2 is 1.56 bits per heavy atom. The van der Waals surface area contributed by atoms with Crippen LogP contribution in [0, 0.1) is 5.92 Å². The third-order valence-electron chi connectivity index (χ3n) is 6.32. The van der Waals surface area contributed by atoms with Crippen LogP contribution in [0.1, 0.15) is 25.0 Å². The lowest BCUT2D eigenvalue weighted by atomic mass is 9.79. The zero-order valence-electron chi connectivity index (χ0n) is 20.0. The molecule has 0 aromatic heterocycles. The lowest BCUT2D eigenvalue weighted by molar-refractivity contribution is -0.139. The Kier molecular flexibility index (Phi) is 6.89. The first-order valence-electron chi connectivity index (χ1n) is 11.6. The highest BCUT2D eigenvalue weighted by atomic mass is 16.6. The van der Waals surface area contributed by atoms with E-state index in [1.54, 1.807) is 0 Å². The Hall–Kier alpha value is -3.38. The standard InChI is InChI=1S/C28H31NO5/c1-18(2)16-19-10-12-20(13-11-19)17-23(29-21-8-6-5-7-9-21)28-15-14-22(34-28)24(26(30)32-3)25(28)27(31)33-4/h5-15,18,22-23,29H,16-17H2,1-4H3. The number of esters is 2. The van der Waals surface area contributed by atoms with Gasteiger partial charge < -0.3 is 19.5 Å². The molecule has 0 saturated heterocycles. The smallest absolute Gasteiger partial charge is 0.337 e. The monoisotopic (exact) mass is 461 g/mol. The molecule has 0 spiro atoms. The number of rotatable bonds is 9. The Balaban J connectivity index is 1.75. The molecule has 0 saturated carbocycles. The van der Waals surface area contributed by atoms with Crippen LogP contribution >= 0.6 is 0 Å². The van der Waals surface area contributed by atoms with E-state index in [2.05, 4.69) is 43.4 Å². The molecular formula is C28H31NO5. The van der Waals surface area contributed by atoms with Crippen molar-refractivity contribution in [3.63, 3.8) is 0 Å². The van der Waals surface area contributed by atoms with Crippen LogP contribution in [0.25, 0.3) is 0 Å². The van der Waals surface area contributed by atoms with E-state index in [1.165, 1.54) is 19.8 Å². The lowest BCUT2D eigenvalue weighted by Gasteiger charge is -2.36. The summed E-state index contributed by atoms with van der Waals surface area (Å²) in [5.41, 5.74) is 2.48. The molecule has 2 heterocycles. The molecule has 2 aromatic rings. The predicted molar refractivity (Wildman–Crippen MR) is 130 cm³/mol. The maximum absolute atomic E-state index is 13.0. The number of benzene rings is 2. The molecule has 2 aliphatic rings. The third-order valence-corrected chi connectivity index (χ3v) is 6.32. The van der Waals surface area contributed by atoms with Crippen LogP contribution in [-0.4, -0.2) is 43.9 Å². The van der Waals surface area contributed by atoms with Gasteiger partial charge in [-0.05, 0) is 48.1 Å². The van der Waals surface area contributed by atoms with Crippen LogP contribution in [0.15, 0.2) is 77.9 Å². The summed E-state index contributed by atoms with van der Waals surface area (Å²) >= 11 is 0. The molecule has 0 radical (unpaired) electrons. The quantitative estimate of drug-likeness (QED) is 0.444. The maximum atomic E-state index is 13.0. The highest BCUT2D eigenvalue weighted by Gasteiger charge is 2.58. The van der Waals surface area contributed by atoms with E-state index in [4.69, 9.17) is 14.2 Å². The summed E-state index contributed by atoms with van der Waals surface area (Å²) < 4.78 is 16.4. The van der Waals surface area contributed by atoms with E-state index in [0.717, 1.165) is 17.7 Å². The van der Waals surface area contributed by atoms with E-state index >= 15 is 0 Å². The Morgan fingerprint density at radius 1 is 0.941 bits per heavy atom. The van der Waals surface area contributed by atoms with Gasteiger partial charge in [-0.2, -0.15) is 0 Å². The summed E-state index contributed by atoms with van der Waals surface area (Å²) in [5.74, 6) is -0.610. The van der Waals surface area contributed by atoms with E-state index < -0.39 is 23.6 Å². The number of hydrogen-bond donors (Lipinski definition) is 1. The van der Waals surface area contributed by atoms with Gasteiger partial charge in [-0.15, -0.1) is 0 Å². The molecule has 6 nitrogen and oxygen atoms in total. The third kappa shape index (κ3) is 4.50. The minimum atomic E-state index is -1.17. The molecular weight excluding hydrogens is 430 g/mol. The van der Waals surface area contributed by atoms with Gasteiger partial charge in [0.25, 0.3) is 0 Å². The molecule has 3 unspecified atom stereocenters. The van der Waals surface area contributed by atoms with Gasteiger partial charge in [-0.3, -0.25) is 0 Å². The second-order valence-electron chi connectivity index (χ2n) is 9.14. The number of para-hydroxylation sites is 1. The summed E-state index contributed by atoms with van der Waals surface area (Å²) in [6.45, 7) is 4.40. The highest BCUT2D eigenvalue weighted by Crippen LogP contribution is 2.47. The van der Waals surface area contributed by atoms with Crippen LogP contribution < -0.4 is 5.32 Å². The van der Waals surface area contributed by atoms with Crippen molar-refractivity contribution in [2.75, 3.05) is 19.5 Å². The Bertz CT molecular complexity index is 1100. The summed E-state index contributed by atoms with van der Waals surface area (Å²) in [5, 5.41) is 3.55. The van der Waals surface area contributed by atoms with E-state index in [-0.39, 0.29) is 17.2 Å². The molecule has 0 fully saturated rings. The van der Waals surface area contributed by atoms with E-state index in [1.807, 2.05) is 42.5 Å². The minimum absolute atomic E-state index is 0.194. The fourth-order valence-electron chi connectivity index (χ4n) is 4.81. The maximum Gasteiger partial charge on any atom is 0.337 e. The molecule has 2 aromatic carbocycles. The average molecular weight is 462 g/mol. The summed E-state index contributed by atoms with van der Waals surface area (Å²) in [6.07, 6.45) is 4.59. The molecule has 178 valence electrons. The number of methoxy groups -OCH3 is 2. The van der Waals surface area contributed by atoms with Gasteiger partial charge in [-0.1, -0.05) is 62.4 Å². The van der Waals surface area contributed by atoms with Crippen molar-refractivity contribution < 1.29 is 23.8 Å². The van der Waals surface area contributed by atoms with Gasteiger partial charge >= 0.3 is 11.9 Å². The van der Waals surface area contributed by atoms with Gasteiger partial charge in [0, 0.05) is 5.69 Å². The molecule has 2 aliphatic heterocycles. The first-order chi connectivity index (χ1) is 16.4. The number of ether oxygens (including phenoxy) is 3. The SMILES string of the molecule is COC(=O)C1=C(C(=O)OC)C2(C(Cc3ccc(CC(C)C)cc3)Nc3ccccc3)C=CC1O2. The van der Waals surface area contributed by atoms with Gasteiger partial charge in [0.2, 0.25) is 0 Å². The first-order valence-corrected chi connectivity index (χ1v) is 11.6. The molecule has 3 atom stereocenters. The summed E-state index contributed by atoms with van der Waals surface area (Å²) in [7, 11) is 2.60. The molecule has 4 rings (SSSR count). The van der Waals surface area contributed by atoms with Crippen molar-refractivity contribution >= 4 is 17.6 Å². The fraction of sp³-hybridized carbons (Fsp3) is 0.357. The van der Waals surface area contributed by atoms with Crippen molar-refractivity contribution in [2.45, 2.75) is 44.4 Å². The van der Waals surface area contributed by atoms with Gasteiger partial charge in [-0.25, -0.2) is 9.59 Å². The van der Waals surface area contributed by atoms with E-state index in [9.17, 15) is 9.59 Å². The van der Waals surface area contributed by atoms with Gasteiger partial charge in [0.15, 0.2) is 0 Å². The molecule has 1 N–H and O–H groups in total. The van der Waals surface area contributed by atoms with Crippen LogP contribution in [-0.2, 0) is 36.6 Å². The highest BCUT2D eigenvalue weighted by molar-refractivity contribution is 6.05. The van der Waals surface area contributed by atoms with Gasteiger partial charge in [0.1, 0.15) is 11.7 Å². The van der Waals surface area contributed by atoms with E-state index in [0.29, 0.717) is 12.3 Å². The predicted octanol–water partition coefficient (Wildman–Crippen LogP) is 4.26. The normalized spacial score (nSPS) is 21.6. The Morgan fingerprint density at radius 3 is 2.15 bits per heavy atom. The molecule has 0 amide bonds. The lowest BCUT2D eigenvalue weighted by Crippen LogP contribution is -2.49. The summed E-state index contributed by atoms with van der Waals surface area (Å²) in [4.78, 5) is 25.6. The molecule has 6 heteroatoms. The topological polar surface area (TPSA) is 73.9 Å². The number of nitrogens with one attached hydrogen (secondary N) is 1. The number of hydrogen-bond acceptors (Lipinski definition) is 6. The number of carbonyl (C=O) groups excluding carboxylic acids is 2. The zero-order chi connectivity index (χ0) is 24.3. The minimum Gasteiger partial charge on any atom is -0.466 e. The summed E-state index contributed by atoms with van der Waals surface area (Å²) in [6, 6.07) is 17.9. The van der Waals surface area contributed by atoms with Crippen LogP contribution in [0.4, 0.5) is 5.69 Å². The Labute approximate surface area is 200 Å². The number of anilines is 1. The fourth-order valence-corrected chi connectivity index (χ4v) is 4.81. The number of carbonyl (C=O) groups is 2. The van der Waals surface area contributed by atoms with Crippen molar-refractivity contribution in [3.05, 3.63) is 89.0 Å². The first kappa shape index (κ1) is 23.8. The molecule has 2 bridgehead atoms. The van der Waals surface area contributed by atoms with Crippen molar-refractivity contribution in [3.8, 4) is 0 Å². The molecule has 0 aliphatic carbocycles. The largest absolute Gasteiger partial charge is 0.466 e. The van der Waals surface area contributed by atoms with Crippen LogP contribution in [0.2, 0.25) is 0 Å². The second-order valence-corrected chi connectivity index (χ2v) is 9.14. The molecule has 34 heavy (non-hydrogen) atoms. The van der Waals surface area contributed by atoms with Crippen molar-refractivity contribution in [2.24, 2.45) is 5.92 Å². The van der Waals surface area contributed by atoms with Crippen LogP contribution in [0.5, 0.6) is 0 Å². The van der Waals surface area contributed by atoms with Crippen molar-refractivity contribution in [1.29, 1.82) is 0 Å². The second kappa shape index (κ2) is 9.85. The zero-order valence-corrected chi connectivity index (χ0v) is 20.0. The van der Waals surface area contributed by atoms with Crippen molar-refractivity contribution in [1.82, 2.24) is 0 Å². The number of fused-ring (bicyclic) bond motifs is 2. The van der Waals surface area contributed by atoms with Gasteiger partial charge in [0.05, 0.1) is 31.4 Å². The van der Waals surface area contributed by atoms with Crippen LogP contribution in [0.3, 0.4) is 0 Å². The average Bonchev–Trinajstić information content (AvgIpc) is 3.42.